The van der Waals surface area contributed by atoms with Gasteiger partial charge in [-0.05, 0) is 49.6 Å². The third-order valence-electron chi connectivity index (χ3n) is 5.65. The molecule has 1 aromatic carbocycles. The summed E-state index contributed by atoms with van der Waals surface area (Å²) in [4.78, 5) is 47.9. The molecule has 0 saturated carbocycles. The maximum Gasteiger partial charge on any atom is 0.335 e. The molecule has 3 aromatic rings. The van der Waals surface area contributed by atoms with Crippen LogP contribution in [0.1, 0.15) is 44.1 Å². The van der Waals surface area contributed by atoms with Crippen molar-refractivity contribution in [3.05, 3.63) is 70.5 Å². The summed E-state index contributed by atoms with van der Waals surface area (Å²) in [6.07, 6.45) is 4.89. The molecule has 2 amide bonds. The lowest BCUT2D eigenvalue weighted by atomic mass is 9.96. The number of benzene rings is 1. The second kappa shape index (κ2) is 9.91. The van der Waals surface area contributed by atoms with Gasteiger partial charge >= 0.3 is 5.97 Å². The number of carboxylic acid groups (broad SMARTS) is 1. The quantitative estimate of drug-likeness (QED) is 0.578. The monoisotopic (exact) mass is 464 g/mol. The number of carboxylic acids is 1. The SMILES string of the molecule is Cc1nc(-c2cccnc2)sc1C(=O)N1CCCC(C(=O)NCc2ccc(C(=O)O)cc2)C1. The third-order valence-corrected chi connectivity index (χ3v) is 6.84. The number of hydrogen-bond donors (Lipinski definition) is 2. The van der Waals surface area contributed by atoms with Gasteiger partial charge in [-0.25, -0.2) is 9.78 Å². The van der Waals surface area contributed by atoms with Crippen molar-refractivity contribution in [3.8, 4) is 10.6 Å². The van der Waals surface area contributed by atoms with Crippen LogP contribution < -0.4 is 5.32 Å². The van der Waals surface area contributed by atoms with Crippen LogP contribution >= 0.6 is 11.3 Å². The van der Waals surface area contributed by atoms with Gasteiger partial charge in [-0.3, -0.25) is 14.6 Å². The molecule has 0 aliphatic carbocycles. The molecule has 4 rings (SSSR count). The zero-order valence-electron chi connectivity index (χ0n) is 18.2. The maximum atomic E-state index is 13.2. The number of amides is 2. The van der Waals surface area contributed by atoms with E-state index < -0.39 is 5.97 Å². The number of aromatic carboxylic acids is 1. The van der Waals surface area contributed by atoms with E-state index in [-0.39, 0.29) is 23.3 Å². The number of aromatic nitrogens is 2. The highest BCUT2D eigenvalue weighted by atomic mass is 32.1. The van der Waals surface area contributed by atoms with Gasteiger partial charge in [0.1, 0.15) is 9.88 Å². The van der Waals surface area contributed by atoms with Crippen LogP contribution in [0.15, 0.2) is 48.8 Å². The van der Waals surface area contributed by atoms with Crippen molar-refractivity contribution in [2.45, 2.75) is 26.3 Å². The number of hydrogen-bond acceptors (Lipinski definition) is 6. The number of nitrogens with zero attached hydrogens (tertiary/aromatic N) is 3. The van der Waals surface area contributed by atoms with E-state index in [1.54, 1.807) is 29.4 Å². The fourth-order valence-corrected chi connectivity index (χ4v) is 4.85. The summed E-state index contributed by atoms with van der Waals surface area (Å²) in [5.41, 5.74) is 2.58. The van der Waals surface area contributed by atoms with Crippen LogP contribution in [0, 0.1) is 12.8 Å². The lowest BCUT2D eigenvalue weighted by Gasteiger charge is -2.31. The molecule has 1 saturated heterocycles. The molecule has 2 N–H and O–H groups in total. The fraction of sp³-hybridized carbons (Fsp3) is 0.292. The Morgan fingerprint density at radius 2 is 2.00 bits per heavy atom. The first kappa shape index (κ1) is 22.6. The Bertz CT molecular complexity index is 1160. The van der Waals surface area contributed by atoms with Gasteiger partial charge in [-0.2, -0.15) is 0 Å². The molecule has 3 heterocycles. The zero-order chi connectivity index (χ0) is 23.4. The molecule has 0 radical (unpaired) electrons. The number of likely N-dealkylation sites (tertiary alicyclic amines) is 1. The van der Waals surface area contributed by atoms with Crippen LogP contribution in [-0.4, -0.2) is 50.8 Å². The minimum Gasteiger partial charge on any atom is -0.478 e. The highest BCUT2D eigenvalue weighted by Crippen LogP contribution is 2.29. The molecule has 1 fully saturated rings. The minimum atomic E-state index is -0.985. The summed E-state index contributed by atoms with van der Waals surface area (Å²) in [5, 5.41) is 12.7. The van der Waals surface area contributed by atoms with Crippen molar-refractivity contribution >= 4 is 29.1 Å². The van der Waals surface area contributed by atoms with Crippen molar-refractivity contribution in [1.29, 1.82) is 0 Å². The topological polar surface area (TPSA) is 112 Å². The van der Waals surface area contributed by atoms with E-state index in [1.165, 1.54) is 23.5 Å². The first-order valence-corrected chi connectivity index (χ1v) is 11.5. The lowest BCUT2D eigenvalue weighted by molar-refractivity contribution is -0.126. The van der Waals surface area contributed by atoms with Crippen molar-refractivity contribution in [3.63, 3.8) is 0 Å². The Kier molecular flexibility index (Phi) is 6.79. The van der Waals surface area contributed by atoms with Crippen LogP contribution in [0.5, 0.6) is 0 Å². The van der Waals surface area contributed by atoms with Crippen LogP contribution in [0.2, 0.25) is 0 Å². The Hall–Kier alpha value is -3.59. The van der Waals surface area contributed by atoms with Crippen molar-refractivity contribution < 1.29 is 19.5 Å². The molecular weight excluding hydrogens is 440 g/mol. The highest BCUT2D eigenvalue weighted by molar-refractivity contribution is 7.17. The van der Waals surface area contributed by atoms with E-state index in [0.29, 0.717) is 30.2 Å². The summed E-state index contributed by atoms with van der Waals surface area (Å²) < 4.78 is 0. The Morgan fingerprint density at radius 1 is 1.21 bits per heavy atom. The standard InChI is InChI=1S/C24H24N4O4S/c1-15-20(33-22(27-15)18-4-2-10-25-13-18)23(30)28-11-3-5-19(14-28)21(29)26-12-16-6-8-17(9-7-16)24(31)32/h2,4,6-10,13,19H,3,5,11-12,14H2,1H3,(H,26,29)(H,31,32). The van der Waals surface area contributed by atoms with Crippen LogP contribution in [-0.2, 0) is 11.3 Å². The van der Waals surface area contributed by atoms with Gasteiger partial charge in [-0.15, -0.1) is 11.3 Å². The number of thiazole rings is 1. The first-order chi connectivity index (χ1) is 15.9. The molecule has 1 aliphatic rings. The van der Waals surface area contributed by atoms with Gasteiger partial charge in [0.05, 0.1) is 17.2 Å². The molecule has 1 unspecified atom stereocenters. The lowest BCUT2D eigenvalue weighted by Crippen LogP contribution is -2.45. The number of rotatable bonds is 6. The van der Waals surface area contributed by atoms with Gasteiger partial charge in [-0.1, -0.05) is 12.1 Å². The molecule has 1 atom stereocenters. The Labute approximate surface area is 195 Å². The van der Waals surface area contributed by atoms with Crippen LogP contribution in [0.25, 0.3) is 10.6 Å². The summed E-state index contributed by atoms with van der Waals surface area (Å²) in [7, 11) is 0. The van der Waals surface area contributed by atoms with Crippen molar-refractivity contribution in [1.82, 2.24) is 20.2 Å². The summed E-state index contributed by atoms with van der Waals surface area (Å²) in [6.45, 7) is 3.11. The van der Waals surface area contributed by atoms with Crippen molar-refractivity contribution in [2.75, 3.05) is 13.1 Å². The number of pyridine rings is 1. The van der Waals surface area contributed by atoms with E-state index in [0.717, 1.165) is 29.0 Å². The fourth-order valence-electron chi connectivity index (χ4n) is 3.83. The maximum absolute atomic E-state index is 13.2. The number of nitrogens with one attached hydrogen (secondary N) is 1. The van der Waals surface area contributed by atoms with E-state index in [1.807, 2.05) is 19.1 Å². The number of aryl methyl sites for hydroxylation is 1. The second-order valence-electron chi connectivity index (χ2n) is 7.99. The van der Waals surface area contributed by atoms with E-state index in [9.17, 15) is 14.4 Å². The summed E-state index contributed by atoms with van der Waals surface area (Å²) in [6, 6.07) is 10.2. The molecule has 33 heavy (non-hydrogen) atoms. The van der Waals surface area contributed by atoms with Gasteiger partial charge in [0.15, 0.2) is 0 Å². The molecule has 9 heteroatoms. The third kappa shape index (κ3) is 5.25. The van der Waals surface area contributed by atoms with Crippen LogP contribution in [0.4, 0.5) is 0 Å². The van der Waals surface area contributed by atoms with Gasteiger partial charge in [0, 0.05) is 37.6 Å². The zero-order valence-corrected chi connectivity index (χ0v) is 19.0. The average molecular weight is 465 g/mol. The molecule has 8 nitrogen and oxygen atoms in total. The summed E-state index contributed by atoms with van der Waals surface area (Å²) >= 11 is 1.35. The molecule has 2 aromatic heterocycles. The predicted octanol–water partition coefficient (Wildman–Crippen LogP) is 3.38. The van der Waals surface area contributed by atoms with E-state index in [4.69, 9.17) is 5.11 Å². The van der Waals surface area contributed by atoms with Gasteiger partial charge < -0.3 is 15.3 Å². The van der Waals surface area contributed by atoms with Crippen LogP contribution in [0.3, 0.4) is 0 Å². The molecule has 0 bridgehead atoms. The molecular formula is C24H24N4O4S. The molecule has 1 aliphatic heterocycles. The number of piperidine rings is 1. The van der Waals surface area contributed by atoms with Gasteiger partial charge in [0.25, 0.3) is 5.91 Å². The summed E-state index contributed by atoms with van der Waals surface area (Å²) in [5.74, 6) is -1.47. The second-order valence-corrected chi connectivity index (χ2v) is 8.98. The molecule has 170 valence electrons. The van der Waals surface area contributed by atoms with E-state index in [2.05, 4.69) is 15.3 Å². The Balaban J connectivity index is 1.38. The number of carbonyl (C=O) groups is 3. The minimum absolute atomic E-state index is 0.0955. The first-order valence-electron chi connectivity index (χ1n) is 10.7. The normalized spacial score (nSPS) is 15.8. The number of carbonyl (C=O) groups excluding carboxylic acids is 2. The average Bonchev–Trinajstić information content (AvgIpc) is 3.24. The van der Waals surface area contributed by atoms with E-state index >= 15 is 0 Å². The highest BCUT2D eigenvalue weighted by Gasteiger charge is 2.30. The van der Waals surface area contributed by atoms with Crippen molar-refractivity contribution in [2.24, 2.45) is 5.92 Å². The smallest absolute Gasteiger partial charge is 0.335 e. The molecule has 0 spiro atoms. The largest absolute Gasteiger partial charge is 0.478 e. The Morgan fingerprint density at radius 3 is 2.70 bits per heavy atom. The van der Waals surface area contributed by atoms with Gasteiger partial charge in [0.2, 0.25) is 5.91 Å². The predicted molar refractivity (Wildman–Crippen MR) is 124 cm³/mol.